The van der Waals surface area contributed by atoms with Crippen LogP contribution in [0.1, 0.15) is 39.3 Å². The molecule has 0 unspecified atom stereocenters. The quantitative estimate of drug-likeness (QED) is 0.229. The van der Waals surface area contributed by atoms with Crippen molar-refractivity contribution in [2.45, 2.75) is 94.5 Å². The minimum Gasteiger partial charge on any atom is -0.460 e. The number of esters is 1. The highest BCUT2D eigenvalue weighted by molar-refractivity contribution is 5.82. The van der Waals surface area contributed by atoms with E-state index in [-0.39, 0.29) is 19.1 Å². The normalized spacial score (nSPS) is 35.0. The Bertz CT molecular complexity index is 1090. The van der Waals surface area contributed by atoms with E-state index in [9.17, 15) is 30.3 Å². The Morgan fingerprint density at radius 2 is 1.84 bits per heavy atom. The molecular formula is C27H37NO10. The summed E-state index contributed by atoms with van der Waals surface area (Å²) in [5, 5.41) is 52.1. The lowest BCUT2D eigenvalue weighted by atomic mass is 9.98. The van der Waals surface area contributed by atoms with Crippen LogP contribution in [-0.2, 0) is 23.7 Å². The van der Waals surface area contributed by atoms with Crippen molar-refractivity contribution in [1.82, 2.24) is 4.57 Å². The molecule has 2 aliphatic heterocycles. The highest BCUT2D eigenvalue weighted by atomic mass is 16.7. The first-order valence-electron chi connectivity index (χ1n) is 12.9. The second-order valence-electron chi connectivity index (χ2n) is 9.96. The molecule has 0 amide bonds. The van der Waals surface area contributed by atoms with E-state index in [2.05, 4.69) is 0 Å². The molecular weight excluding hydrogens is 498 g/mol. The molecule has 11 heteroatoms. The van der Waals surface area contributed by atoms with Gasteiger partial charge in [-0.3, -0.25) is 0 Å². The molecule has 2 aromatic rings. The number of rotatable bonds is 9. The zero-order chi connectivity index (χ0) is 27.4. The van der Waals surface area contributed by atoms with Crippen LogP contribution in [0.5, 0.6) is 0 Å². The Morgan fingerprint density at radius 3 is 2.63 bits per heavy atom. The summed E-state index contributed by atoms with van der Waals surface area (Å²) >= 11 is 0. The molecule has 2 saturated heterocycles. The summed E-state index contributed by atoms with van der Waals surface area (Å²) in [5.74, 6) is -0.646. The van der Waals surface area contributed by atoms with Gasteiger partial charge >= 0.3 is 5.97 Å². The molecule has 38 heavy (non-hydrogen) atoms. The molecule has 0 bridgehead atoms. The number of fused-ring (bicyclic) bond motifs is 1. The van der Waals surface area contributed by atoms with Crippen molar-refractivity contribution < 1.29 is 49.3 Å². The van der Waals surface area contributed by atoms with Crippen molar-refractivity contribution >= 4 is 16.9 Å². The smallest absolute Gasteiger partial charge is 0.330 e. The SMILES string of the molecule is C[C@H](CC/C=C/C(=O)OC[C@H]1O[C@@H](n2ccc3ccccc32)[C@H](O)[C@@H](O)[C@@H]1O)O[C@@H]1O[C@@H](C)[C@H](O)C[C@H]1O. The molecule has 10 atom stereocenters. The Labute approximate surface area is 220 Å². The van der Waals surface area contributed by atoms with E-state index in [0.29, 0.717) is 12.8 Å². The Balaban J connectivity index is 1.24. The van der Waals surface area contributed by atoms with Gasteiger partial charge in [-0.05, 0) is 44.2 Å². The van der Waals surface area contributed by atoms with Gasteiger partial charge in [-0.25, -0.2) is 4.79 Å². The maximum Gasteiger partial charge on any atom is 0.330 e. The zero-order valence-electron chi connectivity index (χ0n) is 21.4. The average molecular weight is 536 g/mol. The number of para-hydroxylation sites is 1. The summed E-state index contributed by atoms with van der Waals surface area (Å²) in [5.41, 5.74) is 0.786. The van der Waals surface area contributed by atoms with Crippen molar-refractivity contribution in [1.29, 1.82) is 0 Å². The predicted molar refractivity (Wildman–Crippen MR) is 135 cm³/mol. The highest BCUT2D eigenvalue weighted by Gasteiger charge is 2.45. The fourth-order valence-electron chi connectivity index (χ4n) is 4.71. The molecule has 5 N–H and O–H groups in total. The van der Waals surface area contributed by atoms with Gasteiger partial charge in [0.1, 0.15) is 37.1 Å². The maximum absolute atomic E-state index is 12.2. The molecule has 4 rings (SSSR count). The van der Waals surface area contributed by atoms with Crippen LogP contribution in [-0.4, -0.2) is 97.8 Å². The second-order valence-corrected chi connectivity index (χ2v) is 9.96. The number of nitrogens with zero attached hydrogens (tertiary/aromatic N) is 1. The van der Waals surface area contributed by atoms with Gasteiger partial charge in [-0.1, -0.05) is 24.3 Å². The number of benzene rings is 1. The van der Waals surface area contributed by atoms with Gasteiger partial charge < -0.3 is 49.0 Å². The van der Waals surface area contributed by atoms with E-state index in [4.69, 9.17) is 18.9 Å². The van der Waals surface area contributed by atoms with Crippen LogP contribution >= 0.6 is 0 Å². The van der Waals surface area contributed by atoms with Gasteiger partial charge in [0.25, 0.3) is 0 Å². The summed E-state index contributed by atoms with van der Waals surface area (Å²) < 4.78 is 24.0. The van der Waals surface area contributed by atoms with Crippen LogP contribution in [0.25, 0.3) is 10.9 Å². The number of hydrogen-bond donors (Lipinski definition) is 5. The van der Waals surface area contributed by atoms with Gasteiger partial charge in [0.15, 0.2) is 12.5 Å². The Morgan fingerprint density at radius 1 is 1.08 bits per heavy atom. The van der Waals surface area contributed by atoms with E-state index in [0.717, 1.165) is 10.9 Å². The lowest BCUT2D eigenvalue weighted by molar-refractivity contribution is -0.273. The number of hydrogen-bond acceptors (Lipinski definition) is 10. The molecule has 210 valence electrons. The molecule has 1 aromatic carbocycles. The standard InChI is InChI=1S/C27H37NO10/c1-15(36-27-20(30)13-19(29)16(2)37-27)7-3-6-10-22(31)35-14-21-23(32)24(33)25(34)26(38-21)28-12-11-17-8-4-5-9-18(17)28/h4-6,8-12,15-16,19-21,23-27,29-30,32-34H,3,7,13-14H2,1-2H3/b10-6+/t15-,16+,19-,20-,21-,23-,24+,25-,26-,27-/m1/s1. The van der Waals surface area contributed by atoms with Crippen molar-refractivity contribution in [3.8, 4) is 0 Å². The zero-order valence-corrected chi connectivity index (χ0v) is 21.4. The van der Waals surface area contributed by atoms with Gasteiger partial charge in [0.05, 0.1) is 23.8 Å². The minimum absolute atomic E-state index is 0.183. The van der Waals surface area contributed by atoms with Gasteiger partial charge in [0, 0.05) is 18.7 Å². The van der Waals surface area contributed by atoms with Crippen LogP contribution in [0.4, 0.5) is 0 Å². The topological polar surface area (TPSA) is 160 Å². The Kier molecular flexibility index (Phi) is 9.55. The summed E-state index contributed by atoms with van der Waals surface area (Å²) in [6.45, 7) is 3.23. The summed E-state index contributed by atoms with van der Waals surface area (Å²) in [4.78, 5) is 12.2. The van der Waals surface area contributed by atoms with Crippen LogP contribution in [0.3, 0.4) is 0 Å². The second kappa shape index (κ2) is 12.7. The van der Waals surface area contributed by atoms with Crippen molar-refractivity contribution in [2.24, 2.45) is 0 Å². The first-order valence-corrected chi connectivity index (χ1v) is 12.9. The number of aliphatic hydroxyl groups excluding tert-OH is 5. The number of aliphatic hydroxyl groups is 5. The molecule has 2 fully saturated rings. The average Bonchev–Trinajstić information content (AvgIpc) is 3.32. The van der Waals surface area contributed by atoms with E-state index in [1.165, 1.54) is 6.08 Å². The minimum atomic E-state index is -1.49. The van der Waals surface area contributed by atoms with Crippen molar-refractivity contribution in [3.05, 3.63) is 48.7 Å². The molecule has 1 aromatic heterocycles. The van der Waals surface area contributed by atoms with Crippen molar-refractivity contribution in [3.63, 3.8) is 0 Å². The molecule has 0 aliphatic carbocycles. The van der Waals surface area contributed by atoms with Crippen LogP contribution in [0.15, 0.2) is 48.7 Å². The monoisotopic (exact) mass is 535 g/mol. The van der Waals surface area contributed by atoms with E-state index < -0.39 is 61.2 Å². The molecule has 0 radical (unpaired) electrons. The lowest BCUT2D eigenvalue weighted by Gasteiger charge is -2.41. The summed E-state index contributed by atoms with van der Waals surface area (Å²) in [6.07, 6.45) is -3.68. The largest absolute Gasteiger partial charge is 0.460 e. The van der Waals surface area contributed by atoms with Crippen LogP contribution in [0.2, 0.25) is 0 Å². The maximum atomic E-state index is 12.2. The molecule has 0 spiro atoms. The lowest BCUT2D eigenvalue weighted by Crippen LogP contribution is -2.56. The van der Waals surface area contributed by atoms with E-state index >= 15 is 0 Å². The molecule has 11 nitrogen and oxygen atoms in total. The fraction of sp³-hybridized carbons (Fsp3) is 0.593. The van der Waals surface area contributed by atoms with Crippen LogP contribution < -0.4 is 0 Å². The number of carbonyl (C=O) groups is 1. The summed E-state index contributed by atoms with van der Waals surface area (Å²) in [7, 11) is 0. The third-order valence-electron chi connectivity index (χ3n) is 7.03. The number of ether oxygens (including phenoxy) is 4. The van der Waals surface area contributed by atoms with Crippen LogP contribution in [0, 0.1) is 0 Å². The number of allylic oxidation sites excluding steroid dienone is 1. The third-order valence-corrected chi connectivity index (χ3v) is 7.03. The highest BCUT2D eigenvalue weighted by Crippen LogP contribution is 2.32. The van der Waals surface area contributed by atoms with Gasteiger partial charge in [0.2, 0.25) is 0 Å². The van der Waals surface area contributed by atoms with E-state index in [1.54, 1.807) is 23.8 Å². The fourth-order valence-corrected chi connectivity index (χ4v) is 4.71. The predicted octanol–water partition coefficient (Wildman–Crippen LogP) is 0.763. The molecule has 2 aliphatic rings. The Hall–Kier alpha value is -2.35. The number of aromatic nitrogens is 1. The molecule has 3 heterocycles. The van der Waals surface area contributed by atoms with Crippen molar-refractivity contribution in [2.75, 3.05) is 6.61 Å². The first kappa shape index (κ1) is 28.7. The first-order chi connectivity index (χ1) is 18.2. The summed E-state index contributed by atoms with van der Waals surface area (Å²) in [6, 6.07) is 9.34. The number of carbonyl (C=O) groups excluding carboxylic acids is 1. The molecule has 0 saturated carbocycles. The third kappa shape index (κ3) is 6.61. The van der Waals surface area contributed by atoms with Gasteiger partial charge in [-0.2, -0.15) is 0 Å². The van der Waals surface area contributed by atoms with E-state index in [1.807, 2.05) is 37.3 Å². The van der Waals surface area contributed by atoms with Gasteiger partial charge in [-0.15, -0.1) is 0 Å².